The molecule has 2 aromatic rings. The summed E-state index contributed by atoms with van der Waals surface area (Å²) in [4.78, 5) is 30.6. The zero-order chi connectivity index (χ0) is 22.0. The molecule has 0 spiro atoms. The molecule has 1 aliphatic rings. The number of hydrogen-bond acceptors (Lipinski definition) is 5. The Kier molecular flexibility index (Phi) is 7.77. The van der Waals surface area contributed by atoms with Crippen LogP contribution in [-0.2, 0) is 27.3 Å². The monoisotopic (exact) mass is 637 g/mol. The molecule has 1 fully saturated rings. The van der Waals surface area contributed by atoms with Crippen LogP contribution in [0.1, 0.15) is 38.4 Å². The van der Waals surface area contributed by atoms with Crippen LogP contribution in [-0.4, -0.2) is 49.8 Å². The molecule has 0 radical (unpaired) electrons. The molecule has 30 heavy (non-hydrogen) atoms. The predicted octanol–water partition coefficient (Wildman–Crippen LogP) is 3.76. The number of esters is 1. The number of nitrogens with zero attached hydrogens (tertiary/aromatic N) is 3. The number of hydrogen-bond donors (Lipinski definition) is 1. The third-order valence-corrected chi connectivity index (χ3v) is 6.40. The Morgan fingerprint density at radius 2 is 1.93 bits per heavy atom. The largest absolute Gasteiger partial charge is 0.480 e. The summed E-state index contributed by atoms with van der Waals surface area (Å²) in [5, 5.41) is 9.80. The van der Waals surface area contributed by atoms with Crippen LogP contribution in [0, 0.1) is 13.1 Å². The summed E-state index contributed by atoms with van der Waals surface area (Å²) in [6.45, 7) is 6.32. The molecular formula is C21H25I2N3O4. The summed E-state index contributed by atoms with van der Waals surface area (Å²) in [5.41, 5.74) is 2.02. The fraction of sp³-hybridized carbons (Fsp3) is 0.476. The molecule has 0 saturated carbocycles. The van der Waals surface area contributed by atoms with E-state index in [1.54, 1.807) is 24.3 Å². The highest BCUT2D eigenvalue weighted by Crippen LogP contribution is 2.28. The van der Waals surface area contributed by atoms with Gasteiger partial charge in [-0.3, -0.25) is 9.59 Å². The molecule has 1 saturated heterocycles. The van der Waals surface area contributed by atoms with E-state index in [1.807, 2.05) is 18.4 Å². The molecule has 1 aromatic carbocycles. The van der Waals surface area contributed by atoms with Gasteiger partial charge in [0, 0.05) is 32.0 Å². The molecule has 1 aromatic heterocycles. The topological polar surface area (TPSA) is 84.7 Å². The lowest BCUT2D eigenvalue weighted by Crippen LogP contribution is -2.50. The lowest BCUT2D eigenvalue weighted by atomic mass is 9.99. The summed E-state index contributed by atoms with van der Waals surface area (Å²) >= 11 is 4.60. The maximum Gasteiger partial charge on any atom is 0.325 e. The number of carboxylic acid groups (broad SMARTS) is 1. The van der Waals surface area contributed by atoms with Gasteiger partial charge in [0.05, 0.1) is 6.33 Å². The second kappa shape index (κ2) is 9.94. The van der Waals surface area contributed by atoms with Gasteiger partial charge in [0.1, 0.15) is 12.1 Å². The molecule has 0 bridgehead atoms. The van der Waals surface area contributed by atoms with Gasteiger partial charge in [-0.25, -0.2) is 9.88 Å². The number of aliphatic carboxylic acids is 1. The van der Waals surface area contributed by atoms with E-state index in [9.17, 15) is 14.7 Å². The Hall–Kier alpha value is -1.21. The molecule has 9 heteroatoms. The maximum atomic E-state index is 12.6. The number of halogens is 2. The lowest BCUT2D eigenvalue weighted by Gasteiger charge is -2.31. The first-order valence-corrected chi connectivity index (χ1v) is 12.0. The van der Waals surface area contributed by atoms with Crippen molar-refractivity contribution in [3.63, 3.8) is 0 Å². The predicted molar refractivity (Wildman–Crippen MR) is 129 cm³/mol. The summed E-state index contributed by atoms with van der Waals surface area (Å²) < 4.78 is 9.76. The standard InChI is InChI=1S/C21H25I2N3O4/c1-12(2)4-18(20(27)28)26-13(3)30-21(29)19(26)8-17-9-24-11-25(17)10-14-5-15(22)7-16(23)6-14/h5-7,9,11-13,18-19H,4,8,10H2,1-3H3,(H,27,28). The smallest absolute Gasteiger partial charge is 0.325 e. The van der Waals surface area contributed by atoms with Crippen LogP contribution in [0.3, 0.4) is 0 Å². The molecule has 3 unspecified atom stereocenters. The van der Waals surface area contributed by atoms with Crippen molar-refractivity contribution in [1.82, 2.24) is 14.5 Å². The van der Waals surface area contributed by atoms with Gasteiger partial charge in [0.25, 0.3) is 0 Å². The molecule has 3 atom stereocenters. The van der Waals surface area contributed by atoms with E-state index in [0.717, 1.165) is 18.4 Å². The van der Waals surface area contributed by atoms with Crippen LogP contribution in [0.4, 0.5) is 0 Å². The molecule has 162 valence electrons. The molecule has 0 aliphatic carbocycles. The number of aromatic nitrogens is 2. The van der Waals surface area contributed by atoms with Crippen LogP contribution in [0.2, 0.25) is 0 Å². The molecule has 7 nitrogen and oxygen atoms in total. The van der Waals surface area contributed by atoms with Gasteiger partial charge in [0.15, 0.2) is 6.23 Å². The van der Waals surface area contributed by atoms with Crippen molar-refractivity contribution < 1.29 is 19.4 Å². The van der Waals surface area contributed by atoms with Crippen molar-refractivity contribution in [3.8, 4) is 0 Å². The van der Waals surface area contributed by atoms with Crippen molar-refractivity contribution in [2.75, 3.05) is 0 Å². The first-order chi connectivity index (χ1) is 14.2. The van der Waals surface area contributed by atoms with Crippen molar-refractivity contribution in [1.29, 1.82) is 0 Å². The zero-order valence-corrected chi connectivity index (χ0v) is 21.4. The van der Waals surface area contributed by atoms with Crippen LogP contribution in [0.5, 0.6) is 0 Å². The number of carbonyl (C=O) groups excluding carboxylic acids is 1. The minimum absolute atomic E-state index is 0.184. The number of benzene rings is 1. The quantitative estimate of drug-likeness (QED) is 0.351. The molecule has 1 aliphatic heterocycles. The number of imidazole rings is 1. The minimum atomic E-state index is -0.930. The second-order valence-electron chi connectivity index (χ2n) is 7.98. The van der Waals surface area contributed by atoms with Crippen molar-refractivity contribution in [2.24, 2.45) is 5.92 Å². The average molecular weight is 637 g/mol. The molecule has 1 N–H and O–H groups in total. The van der Waals surface area contributed by atoms with E-state index >= 15 is 0 Å². The van der Waals surface area contributed by atoms with Gasteiger partial charge >= 0.3 is 11.9 Å². The van der Waals surface area contributed by atoms with E-state index in [1.165, 1.54) is 0 Å². The number of carboxylic acids is 1. The second-order valence-corrected chi connectivity index (χ2v) is 10.5. The van der Waals surface area contributed by atoms with E-state index in [-0.39, 0.29) is 11.9 Å². The van der Waals surface area contributed by atoms with Crippen molar-refractivity contribution in [3.05, 3.63) is 49.1 Å². The van der Waals surface area contributed by atoms with Crippen LogP contribution >= 0.6 is 45.2 Å². The average Bonchev–Trinajstić information content (AvgIpc) is 3.16. The summed E-state index contributed by atoms with van der Waals surface area (Å²) in [6.07, 6.45) is 3.72. The SMILES string of the molecule is CC(C)CC(C(=O)O)N1C(C)OC(=O)C1Cc1cncn1Cc1cc(I)cc(I)c1. The third kappa shape index (κ3) is 5.52. The third-order valence-electron chi connectivity index (χ3n) is 5.15. The maximum absolute atomic E-state index is 12.6. The zero-order valence-electron chi connectivity index (χ0n) is 17.1. The molecule has 3 rings (SSSR count). The van der Waals surface area contributed by atoms with Crippen molar-refractivity contribution >= 4 is 57.1 Å². The normalized spacial score (nSPS) is 20.5. The number of ether oxygens (including phenoxy) is 1. The van der Waals surface area contributed by atoms with Gasteiger partial charge in [-0.2, -0.15) is 0 Å². The van der Waals surface area contributed by atoms with Gasteiger partial charge in [-0.05, 0) is 88.2 Å². The Bertz CT molecular complexity index is 910. The van der Waals surface area contributed by atoms with Crippen molar-refractivity contribution in [2.45, 2.75) is 58.5 Å². The molecular weight excluding hydrogens is 612 g/mol. The Morgan fingerprint density at radius 1 is 1.27 bits per heavy atom. The molecule has 2 heterocycles. The Morgan fingerprint density at radius 3 is 2.53 bits per heavy atom. The number of carbonyl (C=O) groups is 2. The van der Waals surface area contributed by atoms with Gasteiger partial charge in [0.2, 0.25) is 0 Å². The highest BCUT2D eigenvalue weighted by molar-refractivity contribution is 14.1. The van der Waals surface area contributed by atoms with E-state index in [2.05, 4.69) is 68.4 Å². The van der Waals surface area contributed by atoms with E-state index in [4.69, 9.17) is 4.74 Å². The van der Waals surface area contributed by atoms with E-state index in [0.29, 0.717) is 19.4 Å². The summed E-state index contributed by atoms with van der Waals surface area (Å²) in [7, 11) is 0. The van der Waals surface area contributed by atoms with Gasteiger partial charge in [-0.1, -0.05) is 13.8 Å². The fourth-order valence-electron chi connectivity index (χ4n) is 3.90. The van der Waals surface area contributed by atoms with Gasteiger partial charge in [-0.15, -0.1) is 0 Å². The Labute approximate surface area is 203 Å². The van der Waals surface area contributed by atoms with Gasteiger partial charge < -0.3 is 14.4 Å². The fourth-order valence-corrected chi connectivity index (χ4v) is 5.96. The summed E-state index contributed by atoms with van der Waals surface area (Å²) in [6, 6.07) is 4.92. The highest BCUT2D eigenvalue weighted by Gasteiger charge is 2.46. The van der Waals surface area contributed by atoms with Crippen LogP contribution in [0.15, 0.2) is 30.7 Å². The lowest BCUT2D eigenvalue weighted by molar-refractivity contribution is -0.148. The van der Waals surface area contributed by atoms with Crippen LogP contribution in [0.25, 0.3) is 0 Å². The highest BCUT2D eigenvalue weighted by atomic mass is 127. The van der Waals surface area contributed by atoms with Crippen LogP contribution < -0.4 is 0 Å². The Balaban J connectivity index is 1.84. The summed E-state index contributed by atoms with van der Waals surface area (Å²) in [5.74, 6) is -1.13. The minimum Gasteiger partial charge on any atom is -0.480 e. The first-order valence-electron chi connectivity index (χ1n) is 9.80. The first kappa shape index (κ1) is 23.5. The van der Waals surface area contributed by atoms with E-state index < -0.39 is 24.3 Å². The molecule has 0 amide bonds. The number of cyclic esters (lactones) is 1. The number of rotatable bonds is 8.